The van der Waals surface area contributed by atoms with Crippen LogP contribution in [0.3, 0.4) is 0 Å². The number of imidazole rings is 1. The third-order valence-corrected chi connectivity index (χ3v) is 4.62. The third-order valence-electron chi connectivity index (χ3n) is 3.30. The van der Waals surface area contributed by atoms with Gasteiger partial charge in [0.25, 0.3) is 0 Å². The Hall–Kier alpha value is -2.84. The van der Waals surface area contributed by atoms with Gasteiger partial charge >= 0.3 is 5.97 Å². The molecule has 0 fully saturated rings. The fourth-order valence-electron chi connectivity index (χ4n) is 2.14. The number of hydrogen-bond acceptors (Lipinski definition) is 5. The zero-order valence-corrected chi connectivity index (χ0v) is 14.9. The molecule has 26 heavy (non-hydrogen) atoms. The van der Waals surface area contributed by atoms with Crippen LogP contribution in [-0.2, 0) is 4.79 Å². The molecule has 0 aliphatic carbocycles. The van der Waals surface area contributed by atoms with E-state index in [1.165, 1.54) is 6.21 Å². The molecule has 132 valence electrons. The Kier molecular flexibility index (Phi) is 5.55. The van der Waals surface area contributed by atoms with Crippen molar-refractivity contribution in [2.75, 3.05) is 5.75 Å². The summed E-state index contributed by atoms with van der Waals surface area (Å²) < 4.78 is 1.64. The molecule has 2 N–H and O–H groups in total. The second kappa shape index (κ2) is 8.03. The number of nitrogens with zero attached hydrogens (tertiary/aromatic N) is 3. The molecule has 0 spiro atoms. The largest absolute Gasteiger partial charge is 0.476 e. The number of hydrogen-bond donors (Lipinski definition) is 2. The predicted molar refractivity (Wildman–Crippen MR) is 100 cm³/mol. The zero-order chi connectivity index (χ0) is 18.5. The molecule has 0 atom stereocenters. The number of carbonyl (C=O) groups excluding carboxylic acids is 1. The first-order valence-electron chi connectivity index (χ1n) is 7.45. The minimum Gasteiger partial charge on any atom is -0.476 e. The van der Waals surface area contributed by atoms with Crippen LogP contribution in [-0.4, -0.2) is 38.3 Å². The van der Waals surface area contributed by atoms with Crippen LogP contribution < -0.4 is 5.43 Å². The van der Waals surface area contributed by atoms with E-state index < -0.39 is 5.97 Å². The van der Waals surface area contributed by atoms with Crippen LogP contribution in [0.4, 0.5) is 0 Å². The van der Waals surface area contributed by atoms with Crippen molar-refractivity contribution in [2.24, 2.45) is 5.10 Å². The molecule has 1 amide bonds. The summed E-state index contributed by atoms with van der Waals surface area (Å²) in [7, 11) is 0. The predicted octanol–water partition coefficient (Wildman–Crippen LogP) is 2.93. The topological polar surface area (TPSA) is 96.1 Å². The van der Waals surface area contributed by atoms with Crippen LogP contribution in [0.5, 0.6) is 0 Å². The van der Waals surface area contributed by atoms with Gasteiger partial charge in [0.2, 0.25) is 5.91 Å². The summed E-state index contributed by atoms with van der Waals surface area (Å²) in [6.07, 6.45) is 3.20. The molecule has 0 saturated heterocycles. The van der Waals surface area contributed by atoms with E-state index in [2.05, 4.69) is 15.5 Å². The van der Waals surface area contributed by atoms with Crippen LogP contribution in [0.25, 0.3) is 5.65 Å². The van der Waals surface area contributed by atoms with Crippen LogP contribution in [0.1, 0.15) is 16.1 Å². The van der Waals surface area contributed by atoms with Gasteiger partial charge < -0.3 is 5.11 Å². The maximum absolute atomic E-state index is 12.0. The number of thioether (sulfide) groups is 1. The molecule has 0 radical (unpaired) electrons. The molecule has 9 heteroatoms. The Bertz CT molecular complexity index is 985. The van der Waals surface area contributed by atoms with Crippen molar-refractivity contribution in [3.05, 3.63) is 64.9 Å². The summed E-state index contributed by atoms with van der Waals surface area (Å²) in [6, 6.07) is 12.2. The summed E-state index contributed by atoms with van der Waals surface area (Å²) in [5.74, 6) is -1.50. The molecular formula is C17H13ClN4O3S. The smallest absolute Gasteiger partial charge is 0.357 e. The monoisotopic (exact) mass is 388 g/mol. The number of aromatic nitrogens is 2. The van der Waals surface area contributed by atoms with Gasteiger partial charge in [-0.25, -0.2) is 15.2 Å². The highest BCUT2D eigenvalue weighted by molar-refractivity contribution is 8.00. The number of fused-ring (bicyclic) bond motifs is 1. The van der Waals surface area contributed by atoms with Gasteiger partial charge in [0.05, 0.1) is 12.0 Å². The van der Waals surface area contributed by atoms with Crippen LogP contribution in [0, 0.1) is 0 Å². The van der Waals surface area contributed by atoms with Gasteiger partial charge in [0.1, 0.15) is 10.7 Å². The molecule has 0 aliphatic heterocycles. The number of halogens is 1. The molecule has 1 aromatic carbocycles. The number of pyridine rings is 1. The van der Waals surface area contributed by atoms with Gasteiger partial charge in [-0.2, -0.15) is 5.10 Å². The lowest BCUT2D eigenvalue weighted by Crippen LogP contribution is -2.20. The van der Waals surface area contributed by atoms with Gasteiger partial charge in [-0.3, -0.25) is 9.20 Å². The maximum Gasteiger partial charge on any atom is 0.357 e. The van der Waals surface area contributed by atoms with Crippen molar-refractivity contribution in [2.45, 2.75) is 5.03 Å². The summed E-state index contributed by atoms with van der Waals surface area (Å²) >= 11 is 6.88. The lowest BCUT2D eigenvalue weighted by molar-refractivity contribution is -0.118. The van der Waals surface area contributed by atoms with E-state index >= 15 is 0 Å². The molecule has 0 saturated carbocycles. The SMILES string of the molecule is O=C(CSc1c(C(=O)O)nc2ccccn12)N/N=C/c1ccc(Cl)cc1. The van der Waals surface area contributed by atoms with Crippen LogP contribution in [0.15, 0.2) is 58.8 Å². The number of carbonyl (C=O) groups is 2. The van der Waals surface area contributed by atoms with E-state index in [0.29, 0.717) is 15.7 Å². The number of amides is 1. The Balaban J connectivity index is 1.64. The van der Waals surface area contributed by atoms with Crippen LogP contribution >= 0.6 is 23.4 Å². The van der Waals surface area contributed by atoms with Crippen molar-refractivity contribution in [3.63, 3.8) is 0 Å². The van der Waals surface area contributed by atoms with Crippen molar-refractivity contribution < 1.29 is 14.7 Å². The summed E-state index contributed by atoms with van der Waals surface area (Å²) in [5.41, 5.74) is 3.62. The van der Waals surface area contributed by atoms with Crippen molar-refractivity contribution in [3.8, 4) is 0 Å². The summed E-state index contributed by atoms with van der Waals surface area (Å²) in [5, 5.41) is 14.2. The molecule has 3 rings (SSSR count). The van der Waals surface area contributed by atoms with E-state index in [0.717, 1.165) is 17.3 Å². The molecular weight excluding hydrogens is 376 g/mol. The average molecular weight is 389 g/mol. The molecule has 0 bridgehead atoms. The van der Waals surface area contributed by atoms with Crippen molar-refractivity contribution in [1.29, 1.82) is 0 Å². The van der Waals surface area contributed by atoms with E-state index in [4.69, 9.17) is 11.6 Å². The first-order chi connectivity index (χ1) is 12.5. The second-order valence-corrected chi connectivity index (χ2v) is 6.53. The highest BCUT2D eigenvalue weighted by Gasteiger charge is 2.19. The molecule has 7 nitrogen and oxygen atoms in total. The van der Waals surface area contributed by atoms with Gasteiger partial charge in [-0.05, 0) is 29.8 Å². The van der Waals surface area contributed by atoms with Crippen molar-refractivity contribution >= 4 is 47.1 Å². The lowest BCUT2D eigenvalue weighted by Gasteiger charge is -2.02. The number of carboxylic acids is 1. The lowest BCUT2D eigenvalue weighted by atomic mass is 10.2. The first-order valence-corrected chi connectivity index (χ1v) is 8.81. The third kappa shape index (κ3) is 4.22. The van der Waals surface area contributed by atoms with Gasteiger partial charge in [0, 0.05) is 11.2 Å². The quantitative estimate of drug-likeness (QED) is 0.384. The Morgan fingerprint density at radius 2 is 2.04 bits per heavy atom. The number of hydrazone groups is 1. The number of benzene rings is 1. The van der Waals surface area contributed by atoms with Crippen molar-refractivity contribution in [1.82, 2.24) is 14.8 Å². The fraction of sp³-hybridized carbons (Fsp3) is 0.0588. The summed E-state index contributed by atoms with van der Waals surface area (Å²) in [6.45, 7) is 0. The standard InChI is InChI=1S/C17H13ClN4O3S/c18-12-6-4-11(5-7-12)9-19-21-14(23)10-26-16-15(17(24)25)20-13-3-1-2-8-22(13)16/h1-9H,10H2,(H,21,23)(H,24,25)/b19-9+. The number of nitrogens with one attached hydrogen (secondary N) is 1. The van der Waals surface area contributed by atoms with Crippen LogP contribution in [0.2, 0.25) is 5.02 Å². The number of aromatic carboxylic acids is 1. The highest BCUT2D eigenvalue weighted by Crippen LogP contribution is 2.24. The molecule has 2 aromatic heterocycles. The minimum absolute atomic E-state index is 0.000918. The molecule has 0 unspecified atom stereocenters. The average Bonchev–Trinajstić information content (AvgIpc) is 3.01. The highest BCUT2D eigenvalue weighted by atomic mass is 35.5. The first kappa shape index (κ1) is 18.0. The Morgan fingerprint density at radius 1 is 1.27 bits per heavy atom. The normalized spacial score (nSPS) is 11.1. The summed E-state index contributed by atoms with van der Waals surface area (Å²) in [4.78, 5) is 27.4. The Morgan fingerprint density at radius 3 is 2.77 bits per heavy atom. The second-order valence-electron chi connectivity index (χ2n) is 5.13. The number of rotatable bonds is 6. The van der Waals surface area contributed by atoms with Gasteiger partial charge in [-0.1, -0.05) is 41.6 Å². The zero-order valence-electron chi connectivity index (χ0n) is 13.3. The van der Waals surface area contributed by atoms with E-state index in [1.54, 1.807) is 53.1 Å². The van der Waals surface area contributed by atoms with Gasteiger partial charge in [-0.15, -0.1) is 0 Å². The van der Waals surface area contributed by atoms with E-state index in [1.807, 2.05) is 0 Å². The Labute approximate surface area is 157 Å². The van der Waals surface area contributed by atoms with E-state index in [-0.39, 0.29) is 17.4 Å². The van der Waals surface area contributed by atoms with Gasteiger partial charge in [0.15, 0.2) is 5.69 Å². The number of carboxylic acid groups (broad SMARTS) is 1. The minimum atomic E-state index is -1.14. The molecule has 3 aromatic rings. The van der Waals surface area contributed by atoms with E-state index in [9.17, 15) is 14.7 Å². The molecule has 0 aliphatic rings. The maximum atomic E-state index is 12.0. The fourth-order valence-corrected chi connectivity index (χ4v) is 3.17. The molecule has 2 heterocycles.